The highest BCUT2D eigenvalue weighted by Gasteiger charge is 2.50. The van der Waals surface area contributed by atoms with E-state index in [0.29, 0.717) is 29.1 Å². The van der Waals surface area contributed by atoms with E-state index in [0.717, 1.165) is 22.5 Å². The number of fused-ring (bicyclic) bond motifs is 5. The number of nitrogens with zero attached hydrogens (tertiary/aromatic N) is 2. The van der Waals surface area contributed by atoms with Crippen molar-refractivity contribution in [2.24, 2.45) is 0 Å². The minimum Gasteiger partial charge on any atom is -0.457 e. The predicted octanol–water partition coefficient (Wildman–Crippen LogP) is 4.48. The van der Waals surface area contributed by atoms with E-state index in [1.165, 1.54) is 30.3 Å². The van der Waals surface area contributed by atoms with E-state index < -0.39 is 23.4 Å². The van der Waals surface area contributed by atoms with Gasteiger partial charge < -0.3 is 14.0 Å². The van der Waals surface area contributed by atoms with Crippen molar-refractivity contribution in [2.75, 3.05) is 0 Å². The van der Waals surface area contributed by atoms with Crippen LogP contribution >= 0.6 is 0 Å². The Morgan fingerprint density at radius 2 is 1.95 bits per heavy atom. The molecule has 2 aliphatic rings. The van der Waals surface area contributed by atoms with E-state index in [9.17, 15) is 18.8 Å². The third kappa shape index (κ3) is 3.64. The van der Waals surface area contributed by atoms with Gasteiger partial charge in [0.1, 0.15) is 12.4 Å². The molecule has 0 fully saturated rings. The molecule has 6 rings (SSSR count). The Morgan fingerprint density at radius 1 is 1.16 bits per heavy atom. The molecule has 4 heterocycles. The normalized spacial score (nSPS) is 17.8. The average molecular weight is 496 g/mol. The Hall–Kier alpha value is -4.59. The number of para-hydroxylation sites is 1. The summed E-state index contributed by atoms with van der Waals surface area (Å²) in [5, 5.41) is 0.968. The number of carbonyl (C=O) groups excluding carboxylic acids is 2. The zero-order chi connectivity index (χ0) is 25.7. The Bertz CT molecular complexity index is 1690. The van der Waals surface area contributed by atoms with Crippen LogP contribution in [-0.2, 0) is 37.8 Å². The minimum atomic E-state index is -1.79. The quantitative estimate of drug-likeness (QED) is 0.269. The molecule has 0 N–H and O–H groups in total. The van der Waals surface area contributed by atoms with Crippen LogP contribution < -0.4 is 5.56 Å². The Balaban J connectivity index is 1.43. The molecule has 0 saturated carbocycles. The number of hydrogen-bond acceptors (Lipinski definition) is 6. The number of hydrogen-bond donors (Lipinski definition) is 0. The van der Waals surface area contributed by atoms with Gasteiger partial charge in [-0.15, -0.1) is 0 Å². The lowest BCUT2D eigenvalue weighted by molar-refractivity contribution is -0.186. The third-order valence-electron chi connectivity index (χ3n) is 6.94. The van der Waals surface area contributed by atoms with Crippen LogP contribution in [0.4, 0.5) is 4.39 Å². The van der Waals surface area contributed by atoms with E-state index in [4.69, 9.17) is 14.5 Å². The first kappa shape index (κ1) is 22.8. The van der Waals surface area contributed by atoms with Crippen molar-refractivity contribution in [2.45, 2.75) is 32.1 Å². The molecule has 7 nitrogen and oxygen atoms in total. The van der Waals surface area contributed by atoms with Gasteiger partial charge in [-0.2, -0.15) is 0 Å². The maximum atomic E-state index is 13.6. The van der Waals surface area contributed by atoms with E-state index in [1.54, 1.807) is 17.6 Å². The van der Waals surface area contributed by atoms with E-state index in [1.807, 2.05) is 30.3 Å². The first-order valence-corrected chi connectivity index (χ1v) is 11.9. The number of rotatable bonds is 4. The summed E-state index contributed by atoms with van der Waals surface area (Å²) in [4.78, 5) is 44.3. The maximum absolute atomic E-state index is 13.6. The number of ether oxygens (including phenoxy) is 2. The van der Waals surface area contributed by atoms with Crippen LogP contribution in [0.5, 0.6) is 0 Å². The van der Waals surface area contributed by atoms with Gasteiger partial charge in [-0.25, -0.2) is 19.0 Å². The van der Waals surface area contributed by atoms with Crippen molar-refractivity contribution in [3.63, 3.8) is 0 Å². The van der Waals surface area contributed by atoms with Crippen molar-refractivity contribution in [3.8, 4) is 11.4 Å². The average Bonchev–Trinajstić information content (AvgIpc) is 3.26. The summed E-state index contributed by atoms with van der Waals surface area (Å²) in [6.07, 6.45) is 2.69. The maximum Gasteiger partial charge on any atom is 0.355 e. The summed E-state index contributed by atoms with van der Waals surface area (Å²) in [5.41, 5.74) is 1.99. The van der Waals surface area contributed by atoms with Crippen LogP contribution in [-0.4, -0.2) is 21.5 Å². The zero-order valence-electron chi connectivity index (χ0n) is 19.9. The summed E-state index contributed by atoms with van der Waals surface area (Å²) in [7, 11) is 0. The van der Waals surface area contributed by atoms with E-state index in [-0.39, 0.29) is 24.2 Å². The highest BCUT2D eigenvalue weighted by molar-refractivity contribution is 5.92. The third-order valence-corrected chi connectivity index (χ3v) is 6.94. The number of benzene rings is 2. The summed E-state index contributed by atoms with van der Waals surface area (Å²) in [6.45, 7) is 1.84. The zero-order valence-corrected chi connectivity index (χ0v) is 19.9. The lowest BCUT2D eigenvalue weighted by atomic mass is 9.85. The highest BCUT2D eigenvalue weighted by atomic mass is 19.1. The molecule has 0 radical (unpaired) electrons. The number of cyclic esters (lactones) is 1. The molecule has 0 aliphatic carbocycles. The molecule has 0 amide bonds. The monoisotopic (exact) mass is 496 g/mol. The second-order valence-electron chi connectivity index (χ2n) is 9.06. The highest BCUT2D eigenvalue weighted by Crippen LogP contribution is 2.41. The molecule has 37 heavy (non-hydrogen) atoms. The molecule has 0 spiro atoms. The standard InChI is InChI=1S/C29H21FN2O5/c1-2-29(37-25(33)12-9-17-7-10-20(30)11-8-17)22-14-24-26-19(13-18-5-3-4-6-23(18)31-26)15-32(24)27(34)21(22)16-36-28(29)35/h3-14H,2,15-16H2,1H3/b12-9+/t29-/m0/s1. The van der Waals surface area contributed by atoms with E-state index >= 15 is 0 Å². The van der Waals surface area contributed by atoms with Crippen LogP contribution in [0.25, 0.3) is 28.4 Å². The fraction of sp³-hybridized carbons (Fsp3) is 0.172. The molecule has 2 aromatic carbocycles. The van der Waals surface area contributed by atoms with Crippen LogP contribution in [0.3, 0.4) is 0 Å². The molecule has 4 aromatic rings. The number of esters is 2. The molecule has 0 bridgehead atoms. The fourth-order valence-electron chi connectivity index (χ4n) is 5.03. The van der Waals surface area contributed by atoms with Gasteiger partial charge in [-0.3, -0.25) is 4.79 Å². The lowest BCUT2D eigenvalue weighted by Crippen LogP contribution is -2.47. The van der Waals surface area contributed by atoms with E-state index in [2.05, 4.69) is 0 Å². The SMILES string of the molecule is CC[C@@]1(OC(=O)/C=C/c2ccc(F)cc2)C(=O)OCc2c1cc1n(c2=O)Cc2cc3ccccc3nc2-1. The molecular weight excluding hydrogens is 475 g/mol. The second-order valence-corrected chi connectivity index (χ2v) is 9.06. The van der Waals surface area contributed by atoms with Gasteiger partial charge in [0.15, 0.2) is 0 Å². The Morgan fingerprint density at radius 3 is 2.73 bits per heavy atom. The predicted molar refractivity (Wildman–Crippen MR) is 134 cm³/mol. The van der Waals surface area contributed by atoms with Crippen molar-refractivity contribution in [1.29, 1.82) is 0 Å². The minimum absolute atomic E-state index is 0.0653. The summed E-state index contributed by atoms with van der Waals surface area (Å²) in [5.74, 6) is -1.92. The smallest absolute Gasteiger partial charge is 0.355 e. The largest absolute Gasteiger partial charge is 0.457 e. The number of halogens is 1. The van der Waals surface area contributed by atoms with Gasteiger partial charge in [0.05, 0.1) is 29.0 Å². The topological polar surface area (TPSA) is 87.5 Å². The molecule has 2 aromatic heterocycles. The number of aromatic nitrogens is 2. The van der Waals surface area contributed by atoms with Crippen LogP contribution in [0.1, 0.15) is 35.6 Å². The summed E-state index contributed by atoms with van der Waals surface area (Å²) in [6, 6.07) is 17.0. The van der Waals surface area contributed by atoms with Gasteiger partial charge >= 0.3 is 11.9 Å². The molecule has 0 saturated heterocycles. The van der Waals surface area contributed by atoms with Crippen molar-refractivity contribution in [1.82, 2.24) is 9.55 Å². The summed E-state index contributed by atoms with van der Waals surface area (Å²) < 4.78 is 25.9. The van der Waals surface area contributed by atoms with Gasteiger partial charge in [0.2, 0.25) is 5.60 Å². The van der Waals surface area contributed by atoms with Gasteiger partial charge in [0, 0.05) is 22.6 Å². The van der Waals surface area contributed by atoms with Crippen LogP contribution in [0.15, 0.2) is 71.5 Å². The Kier molecular flexibility index (Phi) is 5.26. The first-order valence-electron chi connectivity index (χ1n) is 11.9. The van der Waals surface area contributed by atoms with Gasteiger partial charge in [0.25, 0.3) is 5.56 Å². The number of pyridine rings is 2. The fourth-order valence-corrected chi connectivity index (χ4v) is 5.03. The molecule has 2 aliphatic heterocycles. The summed E-state index contributed by atoms with van der Waals surface area (Å²) >= 11 is 0. The van der Waals surface area contributed by atoms with Crippen molar-refractivity contribution in [3.05, 3.63) is 105 Å². The van der Waals surface area contributed by atoms with Gasteiger partial charge in [-0.1, -0.05) is 37.3 Å². The van der Waals surface area contributed by atoms with Crippen molar-refractivity contribution < 1.29 is 23.5 Å². The molecule has 8 heteroatoms. The van der Waals surface area contributed by atoms with Gasteiger partial charge in [-0.05, 0) is 48.4 Å². The molecule has 1 atom stereocenters. The molecule has 0 unspecified atom stereocenters. The molecular formula is C29H21FN2O5. The first-order chi connectivity index (χ1) is 17.9. The van der Waals surface area contributed by atoms with Crippen molar-refractivity contribution >= 4 is 28.9 Å². The van der Waals surface area contributed by atoms with Crippen LogP contribution in [0.2, 0.25) is 0 Å². The second kappa shape index (κ2) is 8.51. The molecule has 184 valence electrons. The van der Waals surface area contributed by atoms with Crippen LogP contribution in [0, 0.1) is 5.82 Å². The Labute approximate surface area is 210 Å². The lowest BCUT2D eigenvalue weighted by Gasteiger charge is -2.35. The number of carbonyl (C=O) groups is 2.